The highest BCUT2D eigenvalue weighted by Gasteiger charge is 2.53. The summed E-state index contributed by atoms with van der Waals surface area (Å²) in [5.74, 6) is 0. The number of nitrogens with zero attached hydrogens (tertiary/aromatic N) is 2. The molecular weight excluding hydrogens is 737 g/mol. The van der Waals surface area contributed by atoms with Crippen LogP contribution in [0.15, 0.2) is 201 Å². The van der Waals surface area contributed by atoms with Crippen molar-refractivity contribution in [3.05, 3.63) is 235 Å². The van der Waals surface area contributed by atoms with Gasteiger partial charge in [0.1, 0.15) is 0 Å². The van der Waals surface area contributed by atoms with Gasteiger partial charge in [0, 0.05) is 35.0 Å². The fraction of sp³-hybridized carbons (Fsp3) is 0.186. The average Bonchev–Trinajstić information content (AvgIpc) is 3.73. The largest absolute Gasteiger partial charge is 0.338 e. The fourth-order valence-electron chi connectivity index (χ4n) is 9.37. The molecule has 0 atom stereocenters. The number of rotatable bonds is 8. The Labute approximate surface area is 364 Å². The number of anilines is 5. The molecule has 2 heteroatoms. The van der Waals surface area contributed by atoms with Crippen LogP contribution < -0.4 is 9.80 Å². The maximum atomic E-state index is 3.00. The normalized spacial score (nSPS) is 13.4. The molecule has 0 aliphatic heterocycles. The first-order valence-electron chi connectivity index (χ1n) is 21.6. The predicted molar refractivity (Wildman–Crippen MR) is 263 cm³/mol. The zero-order valence-electron chi connectivity index (χ0n) is 36.9. The lowest BCUT2D eigenvalue weighted by molar-refractivity contribution is 0.586. The molecule has 7 aromatic carbocycles. The molecule has 9 rings (SSSR count). The van der Waals surface area contributed by atoms with E-state index in [1.54, 1.807) is 0 Å². The molecule has 0 heterocycles. The summed E-state index contributed by atoms with van der Waals surface area (Å²) in [6.45, 7) is 22.8. The van der Waals surface area contributed by atoms with Gasteiger partial charge in [-0.15, -0.1) is 13.2 Å². The van der Waals surface area contributed by atoms with Gasteiger partial charge < -0.3 is 9.80 Å². The van der Waals surface area contributed by atoms with E-state index in [0.717, 1.165) is 23.6 Å². The van der Waals surface area contributed by atoms with E-state index in [1.165, 1.54) is 67.0 Å². The van der Waals surface area contributed by atoms with Crippen molar-refractivity contribution in [1.29, 1.82) is 0 Å². The van der Waals surface area contributed by atoms with Crippen LogP contribution in [0.1, 0.15) is 81.8 Å². The Morgan fingerprint density at radius 2 is 0.836 bits per heavy atom. The van der Waals surface area contributed by atoms with E-state index in [4.69, 9.17) is 0 Å². The zero-order valence-corrected chi connectivity index (χ0v) is 36.9. The van der Waals surface area contributed by atoms with Crippen LogP contribution in [0.2, 0.25) is 0 Å². The van der Waals surface area contributed by atoms with Crippen LogP contribution in [0, 0.1) is 0 Å². The second-order valence-electron chi connectivity index (χ2n) is 18.1. The quantitative estimate of drug-likeness (QED) is 0.112. The number of hydrogen-bond donors (Lipinski definition) is 0. The maximum Gasteiger partial charge on any atom is 0.0727 e. The van der Waals surface area contributed by atoms with Crippen molar-refractivity contribution in [3.8, 4) is 22.3 Å². The minimum absolute atomic E-state index is 0.0314. The molecule has 61 heavy (non-hydrogen) atoms. The summed E-state index contributed by atoms with van der Waals surface area (Å²) < 4.78 is 0. The molecule has 304 valence electrons. The van der Waals surface area contributed by atoms with Gasteiger partial charge in [-0.1, -0.05) is 169 Å². The van der Waals surface area contributed by atoms with E-state index >= 15 is 0 Å². The summed E-state index contributed by atoms with van der Waals surface area (Å²) in [4.78, 5) is 4.85. The number of fused-ring (bicyclic) bond motifs is 10. The molecular formula is C59H58N2. The minimum Gasteiger partial charge on any atom is -0.338 e. The van der Waals surface area contributed by atoms with E-state index < -0.39 is 5.41 Å². The summed E-state index contributed by atoms with van der Waals surface area (Å²) in [6, 6.07) is 61.5. The second-order valence-corrected chi connectivity index (χ2v) is 18.1. The Kier molecular flexibility index (Phi) is 11.1. The van der Waals surface area contributed by atoms with Gasteiger partial charge in [0.25, 0.3) is 0 Å². The standard InChI is InChI=1S/C57H54N2.C2H4/c1-8-9-10-20-35-58(42-21-14-11-15-22-42)45-29-33-49-50-34-30-46(59(43-23-16-12-17-24-43)44-25-18-13-19-26-44)39-54(50)57(53(49)38-45)51-36-40(55(2,3)4)27-31-47(51)48-32-28-41(37-52(48)57)56(5,6)7;1-2/h8-34,36-39H,35H2,1-7H3;1-2H2/b9-8-,20-10-;. The lowest BCUT2D eigenvalue weighted by atomic mass is 9.68. The van der Waals surface area contributed by atoms with E-state index in [0.29, 0.717) is 0 Å². The van der Waals surface area contributed by atoms with Gasteiger partial charge in [-0.2, -0.15) is 0 Å². The highest BCUT2D eigenvalue weighted by Crippen LogP contribution is 2.64. The fourth-order valence-corrected chi connectivity index (χ4v) is 9.37. The van der Waals surface area contributed by atoms with E-state index in [9.17, 15) is 0 Å². The third-order valence-corrected chi connectivity index (χ3v) is 12.4. The molecule has 0 saturated heterocycles. The first-order valence-corrected chi connectivity index (χ1v) is 21.6. The molecule has 2 nitrogen and oxygen atoms in total. The molecule has 7 aromatic rings. The van der Waals surface area contributed by atoms with Crippen molar-refractivity contribution >= 4 is 28.4 Å². The van der Waals surface area contributed by atoms with E-state index in [2.05, 4.69) is 260 Å². The summed E-state index contributed by atoms with van der Waals surface area (Å²) >= 11 is 0. The predicted octanol–water partition coefficient (Wildman–Crippen LogP) is 16.2. The Morgan fingerprint density at radius 1 is 0.443 bits per heavy atom. The SMILES string of the molecule is C/C=C\C=C/CN(c1ccccc1)c1ccc2c(c1)C1(c3cc(N(c4ccccc4)c4ccccc4)ccc3-2)c2cc(C(C)(C)C)ccc2-c2ccc(C(C)(C)C)cc21.C=C. The Balaban J connectivity index is 0.00000253. The second kappa shape index (κ2) is 16.4. The topological polar surface area (TPSA) is 6.48 Å². The molecule has 0 aromatic heterocycles. The minimum atomic E-state index is -0.563. The van der Waals surface area contributed by atoms with Crippen LogP contribution in [0.3, 0.4) is 0 Å². The van der Waals surface area contributed by atoms with Gasteiger partial charge in [0.2, 0.25) is 0 Å². The Bertz CT molecular complexity index is 2620. The summed E-state index contributed by atoms with van der Waals surface area (Å²) in [5, 5.41) is 0. The Hall–Kier alpha value is -6.64. The number of para-hydroxylation sites is 3. The first-order chi connectivity index (χ1) is 29.5. The van der Waals surface area contributed by atoms with Crippen molar-refractivity contribution in [3.63, 3.8) is 0 Å². The van der Waals surface area contributed by atoms with Crippen molar-refractivity contribution in [2.45, 2.75) is 64.7 Å². The van der Waals surface area contributed by atoms with Gasteiger partial charge in [0.05, 0.1) is 5.41 Å². The molecule has 0 unspecified atom stereocenters. The molecule has 0 bridgehead atoms. The van der Waals surface area contributed by atoms with Crippen LogP contribution in [0.25, 0.3) is 22.3 Å². The summed E-state index contributed by atoms with van der Waals surface area (Å²) in [7, 11) is 0. The van der Waals surface area contributed by atoms with Gasteiger partial charge in [-0.05, 0) is 134 Å². The van der Waals surface area contributed by atoms with E-state index in [1.807, 2.05) is 0 Å². The molecule has 0 radical (unpaired) electrons. The number of allylic oxidation sites excluding steroid dienone is 3. The highest BCUT2D eigenvalue weighted by atomic mass is 15.1. The third-order valence-electron chi connectivity index (χ3n) is 12.4. The molecule has 2 aliphatic rings. The summed E-state index contributed by atoms with van der Waals surface area (Å²) in [6.07, 6.45) is 8.59. The lowest BCUT2D eigenvalue weighted by Crippen LogP contribution is -2.28. The molecule has 0 saturated carbocycles. The van der Waals surface area contributed by atoms with Crippen LogP contribution >= 0.6 is 0 Å². The van der Waals surface area contributed by atoms with Crippen LogP contribution in [-0.2, 0) is 16.2 Å². The first kappa shape index (κ1) is 41.1. The van der Waals surface area contributed by atoms with Crippen LogP contribution in [0.4, 0.5) is 28.4 Å². The molecule has 2 aliphatic carbocycles. The monoisotopic (exact) mass is 794 g/mol. The van der Waals surface area contributed by atoms with E-state index in [-0.39, 0.29) is 10.8 Å². The van der Waals surface area contributed by atoms with Crippen molar-refractivity contribution in [2.75, 3.05) is 16.3 Å². The average molecular weight is 795 g/mol. The van der Waals surface area contributed by atoms with Crippen LogP contribution in [0.5, 0.6) is 0 Å². The van der Waals surface area contributed by atoms with Gasteiger partial charge >= 0.3 is 0 Å². The molecule has 0 amide bonds. The lowest BCUT2D eigenvalue weighted by Gasteiger charge is -2.34. The summed E-state index contributed by atoms with van der Waals surface area (Å²) in [5.41, 5.74) is 18.4. The van der Waals surface area contributed by atoms with Gasteiger partial charge in [-0.25, -0.2) is 0 Å². The third kappa shape index (κ3) is 7.25. The maximum absolute atomic E-state index is 3.00. The zero-order chi connectivity index (χ0) is 42.9. The molecule has 0 fully saturated rings. The molecule has 1 spiro atoms. The molecule has 0 N–H and O–H groups in total. The smallest absolute Gasteiger partial charge is 0.0727 e. The Morgan fingerprint density at radius 3 is 1.28 bits per heavy atom. The van der Waals surface area contributed by atoms with Crippen LogP contribution in [-0.4, -0.2) is 6.54 Å². The number of benzene rings is 7. The van der Waals surface area contributed by atoms with Gasteiger partial charge in [-0.3, -0.25) is 0 Å². The van der Waals surface area contributed by atoms with Crippen molar-refractivity contribution in [2.24, 2.45) is 0 Å². The number of hydrogen-bond acceptors (Lipinski definition) is 2. The van der Waals surface area contributed by atoms with Crippen molar-refractivity contribution < 1.29 is 0 Å². The van der Waals surface area contributed by atoms with Crippen molar-refractivity contribution in [1.82, 2.24) is 0 Å². The van der Waals surface area contributed by atoms with Gasteiger partial charge in [0.15, 0.2) is 0 Å². The highest BCUT2D eigenvalue weighted by molar-refractivity contribution is 5.97.